The Labute approximate surface area is 155 Å². The molecule has 0 radical (unpaired) electrons. The molecule has 0 fully saturated rings. The molecule has 26 heavy (non-hydrogen) atoms. The fourth-order valence-electron chi connectivity index (χ4n) is 2.01. The van der Waals surface area contributed by atoms with Gasteiger partial charge in [0.05, 0.1) is 0 Å². The molecule has 1 aromatic carbocycles. The third-order valence-corrected chi connectivity index (χ3v) is 3.83. The summed E-state index contributed by atoms with van der Waals surface area (Å²) in [6.07, 6.45) is 6.65. The number of hydrogen-bond acceptors (Lipinski definition) is 6. The minimum Gasteiger partial charge on any atom is -0.476 e. The number of benzene rings is 1. The second-order valence-electron chi connectivity index (χ2n) is 5.15. The average molecular weight is 373 g/mol. The molecule has 0 saturated heterocycles. The lowest BCUT2D eigenvalue weighted by Crippen LogP contribution is -2.24. The maximum absolute atomic E-state index is 11.6. The summed E-state index contributed by atoms with van der Waals surface area (Å²) in [5.74, 6) is -1.11. The van der Waals surface area contributed by atoms with Gasteiger partial charge in [-0.3, -0.25) is 0 Å². The number of nitrogens with zero attached hydrogens (tertiary/aromatic N) is 2. The summed E-state index contributed by atoms with van der Waals surface area (Å²) in [6, 6.07) is 9.40. The molecule has 7 nitrogen and oxygen atoms in total. The Morgan fingerprint density at radius 2 is 2.08 bits per heavy atom. The van der Waals surface area contributed by atoms with Crippen LogP contribution in [-0.2, 0) is 11.3 Å². The van der Waals surface area contributed by atoms with E-state index < -0.39 is 12.1 Å². The predicted molar refractivity (Wildman–Crippen MR) is 99.1 cm³/mol. The van der Waals surface area contributed by atoms with Gasteiger partial charge in [-0.1, -0.05) is 54.2 Å². The Kier molecular flexibility index (Phi) is 7.63. The van der Waals surface area contributed by atoms with E-state index in [1.807, 2.05) is 30.3 Å². The molecular formula is C18H19N3O4S. The van der Waals surface area contributed by atoms with Crippen molar-refractivity contribution >= 4 is 29.9 Å². The minimum atomic E-state index is -1.11. The van der Waals surface area contributed by atoms with Crippen LogP contribution >= 0.6 is 11.8 Å². The monoisotopic (exact) mass is 373 g/mol. The highest BCUT2D eigenvalue weighted by molar-refractivity contribution is 7.98. The smallest absolute Gasteiger partial charge is 0.407 e. The number of ether oxygens (including phenoxy) is 1. The number of carboxylic acid groups (broad SMARTS) is 1. The lowest BCUT2D eigenvalue weighted by atomic mass is 10.2. The summed E-state index contributed by atoms with van der Waals surface area (Å²) in [7, 11) is 0. The van der Waals surface area contributed by atoms with E-state index in [2.05, 4.69) is 15.3 Å². The zero-order valence-electron chi connectivity index (χ0n) is 14.2. The Balaban J connectivity index is 1.77. The average Bonchev–Trinajstić information content (AvgIpc) is 2.66. The molecule has 1 amide bonds. The van der Waals surface area contributed by atoms with Crippen molar-refractivity contribution in [2.75, 3.05) is 12.8 Å². The van der Waals surface area contributed by atoms with Crippen LogP contribution in [0.2, 0.25) is 0 Å². The number of nitrogens with one attached hydrogen (secondary N) is 1. The van der Waals surface area contributed by atoms with Crippen molar-refractivity contribution < 1.29 is 19.4 Å². The molecule has 0 aliphatic rings. The van der Waals surface area contributed by atoms with E-state index in [9.17, 15) is 14.7 Å². The van der Waals surface area contributed by atoms with Crippen molar-refractivity contribution in [3.8, 4) is 0 Å². The van der Waals surface area contributed by atoms with Crippen molar-refractivity contribution in [3.05, 3.63) is 59.4 Å². The molecule has 0 saturated carbocycles. The molecule has 1 aromatic heterocycles. The van der Waals surface area contributed by atoms with Crippen LogP contribution in [0.15, 0.2) is 47.8 Å². The van der Waals surface area contributed by atoms with Gasteiger partial charge in [-0.25, -0.2) is 19.6 Å². The molecule has 0 unspecified atom stereocenters. The van der Waals surface area contributed by atoms with Crippen molar-refractivity contribution in [2.24, 2.45) is 0 Å². The number of carbonyl (C=O) groups excluding carboxylic acids is 1. The summed E-state index contributed by atoms with van der Waals surface area (Å²) in [5, 5.41) is 12.2. The molecule has 136 valence electrons. The molecule has 1 heterocycles. The van der Waals surface area contributed by atoms with Crippen LogP contribution in [0.5, 0.6) is 0 Å². The number of carboxylic acids is 1. The maximum atomic E-state index is 11.6. The van der Waals surface area contributed by atoms with Crippen LogP contribution in [0.4, 0.5) is 4.79 Å². The van der Waals surface area contributed by atoms with Crippen molar-refractivity contribution in [1.29, 1.82) is 0 Å². The van der Waals surface area contributed by atoms with Gasteiger partial charge in [0, 0.05) is 18.3 Å². The van der Waals surface area contributed by atoms with Gasteiger partial charge in [0.2, 0.25) is 0 Å². The predicted octanol–water partition coefficient (Wildman–Crippen LogP) is 3.23. The second-order valence-corrected chi connectivity index (χ2v) is 5.92. The summed E-state index contributed by atoms with van der Waals surface area (Å²) in [4.78, 5) is 30.9. The molecule has 0 atom stereocenters. The lowest BCUT2D eigenvalue weighted by Gasteiger charge is -2.06. The van der Waals surface area contributed by atoms with Gasteiger partial charge in [0.15, 0.2) is 10.9 Å². The van der Waals surface area contributed by atoms with Crippen molar-refractivity contribution in [3.63, 3.8) is 0 Å². The number of hydrogen-bond donors (Lipinski definition) is 2. The maximum Gasteiger partial charge on any atom is 0.407 e. The van der Waals surface area contributed by atoms with Crippen molar-refractivity contribution in [2.45, 2.75) is 18.2 Å². The van der Waals surface area contributed by atoms with E-state index in [4.69, 9.17) is 4.74 Å². The standard InChI is InChI=1S/C18H19N3O4S/c1-26-17-20-11-14(15(21-17)16(22)23)9-5-6-10-19-18(24)25-12-13-7-3-2-4-8-13/h2-5,7-9,11H,6,10,12H2,1H3,(H,19,24)(H,22,23). The van der Waals surface area contributed by atoms with Crippen LogP contribution in [0.25, 0.3) is 6.08 Å². The third-order valence-electron chi connectivity index (χ3n) is 3.27. The second kappa shape index (κ2) is 10.2. The van der Waals surface area contributed by atoms with Gasteiger partial charge in [-0.2, -0.15) is 0 Å². The fourth-order valence-corrected chi connectivity index (χ4v) is 2.35. The van der Waals surface area contributed by atoms with Gasteiger partial charge in [0.25, 0.3) is 0 Å². The number of alkyl carbamates (subject to hydrolysis) is 1. The van der Waals surface area contributed by atoms with E-state index in [0.717, 1.165) is 5.56 Å². The molecule has 8 heteroatoms. The zero-order valence-corrected chi connectivity index (χ0v) is 15.0. The van der Waals surface area contributed by atoms with Crippen LogP contribution < -0.4 is 5.32 Å². The highest BCUT2D eigenvalue weighted by Crippen LogP contribution is 2.13. The van der Waals surface area contributed by atoms with Crippen LogP contribution in [-0.4, -0.2) is 39.9 Å². The summed E-state index contributed by atoms with van der Waals surface area (Å²) in [5.41, 5.74) is 1.29. The Hall–Kier alpha value is -2.87. The Bertz CT molecular complexity index is 781. The van der Waals surface area contributed by atoms with Crippen LogP contribution in [0.1, 0.15) is 28.0 Å². The zero-order chi connectivity index (χ0) is 18.8. The SMILES string of the molecule is CSc1ncc(C=CCCNC(=O)OCc2ccccc2)c(C(=O)O)n1. The van der Waals surface area contributed by atoms with Gasteiger partial charge in [0.1, 0.15) is 6.61 Å². The largest absolute Gasteiger partial charge is 0.476 e. The van der Waals surface area contributed by atoms with Crippen LogP contribution in [0, 0.1) is 0 Å². The van der Waals surface area contributed by atoms with Crippen LogP contribution in [0.3, 0.4) is 0 Å². The van der Waals surface area contributed by atoms with Gasteiger partial charge in [-0.05, 0) is 18.2 Å². The minimum absolute atomic E-state index is 0.0455. The number of rotatable bonds is 8. The Morgan fingerprint density at radius 1 is 1.31 bits per heavy atom. The number of amides is 1. The van der Waals surface area contributed by atoms with E-state index in [0.29, 0.717) is 23.7 Å². The van der Waals surface area contributed by atoms with Gasteiger partial charge in [-0.15, -0.1) is 0 Å². The quantitative estimate of drug-likeness (QED) is 0.416. The van der Waals surface area contributed by atoms with Gasteiger partial charge >= 0.3 is 12.1 Å². The summed E-state index contributed by atoms with van der Waals surface area (Å²) in [6.45, 7) is 0.583. The highest BCUT2D eigenvalue weighted by Gasteiger charge is 2.11. The summed E-state index contributed by atoms with van der Waals surface area (Å²) >= 11 is 1.28. The molecule has 2 rings (SSSR count). The topological polar surface area (TPSA) is 101 Å². The molecular weight excluding hydrogens is 354 g/mol. The van der Waals surface area contributed by atoms with E-state index in [-0.39, 0.29) is 12.3 Å². The van der Waals surface area contributed by atoms with Gasteiger partial charge < -0.3 is 15.2 Å². The van der Waals surface area contributed by atoms with Crippen molar-refractivity contribution in [1.82, 2.24) is 15.3 Å². The number of aromatic nitrogens is 2. The first kappa shape index (κ1) is 19.5. The molecule has 2 N–H and O–H groups in total. The number of aromatic carboxylic acids is 1. The molecule has 0 aliphatic carbocycles. The Morgan fingerprint density at radius 3 is 2.77 bits per heavy atom. The first-order chi connectivity index (χ1) is 12.6. The number of thioether (sulfide) groups is 1. The molecule has 0 spiro atoms. The first-order valence-corrected chi connectivity index (χ1v) is 9.08. The molecule has 0 aliphatic heterocycles. The van der Waals surface area contributed by atoms with E-state index in [1.165, 1.54) is 18.0 Å². The third kappa shape index (κ3) is 6.21. The molecule has 2 aromatic rings. The number of carbonyl (C=O) groups is 2. The first-order valence-electron chi connectivity index (χ1n) is 7.85. The van der Waals surface area contributed by atoms with E-state index in [1.54, 1.807) is 18.4 Å². The van der Waals surface area contributed by atoms with E-state index >= 15 is 0 Å². The fraction of sp³-hybridized carbons (Fsp3) is 0.222. The molecule has 0 bridgehead atoms. The lowest BCUT2D eigenvalue weighted by molar-refractivity contribution is 0.0689. The normalized spacial score (nSPS) is 10.7. The summed E-state index contributed by atoms with van der Waals surface area (Å²) < 4.78 is 5.09. The highest BCUT2D eigenvalue weighted by atomic mass is 32.2.